The smallest absolute Gasteiger partial charge is 0.339 e. The minimum Gasteiger partial charge on any atom is -0.478 e. The van der Waals surface area contributed by atoms with Crippen molar-refractivity contribution in [3.05, 3.63) is 59.2 Å². The van der Waals surface area contributed by atoms with E-state index in [9.17, 15) is 13.6 Å². The van der Waals surface area contributed by atoms with Gasteiger partial charge in [-0.2, -0.15) is 0 Å². The predicted octanol–water partition coefficient (Wildman–Crippen LogP) is 3.76. The van der Waals surface area contributed by atoms with Gasteiger partial charge in [0, 0.05) is 0 Å². The summed E-state index contributed by atoms with van der Waals surface area (Å²) in [5, 5.41) is 8.95. The van der Waals surface area contributed by atoms with Crippen molar-refractivity contribution in [1.29, 1.82) is 0 Å². The van der Waals surface area contributed by atoms with Gasteiger partial charge in [-0.25, -0.2) is 13.6 Å². The average Bonchev–Trinajstić information content (AvgIpc) is 2.36. The summed E-state index contributed by atoms with van der Waals surface area (Å²) in [6, 6.07) is 7.54. The molecule has 0 atom stereocenters. The second-order valence-corrected chi connectivity index (χ2v) is 3.93. The molecule has 2 aromatic carbocycles. The summed E-state index contributed by atoms with van der Waals surface area (Å²) in [5.41, 5.74) is 0.0115. The van der Waals surface area contributed by atoms with Crippen LogP contribution in [0, 0.1) is 18.6 Å². The summed E-state index contributed by atoms with van der Waals surface area (Å²) in [5.74, 6) is -2.84. The van der Waals surface area contributed by atoms with Crippen molar-refractivity contribution in [2.45, 2.75) is 6.92 Å². The van der Waals surface area contributed by atoms with Gasteiger partial charge in [0.05, 0.1) is 0 Å². The molecule has 0 aromatic heterocycles. The van der Waals surface area contributed by atoms with Gasteiger partial charge in [-0.1, -0.05) is 12.1 Å². The van der Waals surface area contributed by atoms with Gasteiger partial charge in [0.25, 0.3) is 0 Å². The molecule has 0 aliphatic carbocycles. The quantitative estimate of drug-likeness (QED) is 0.918. The minimum absolute atomic E-state index is 0.103. The monoisotopic (exact) mass is 264 g/mol. The first-order valence-corrected chi connectivity index (χ1v) is 5.45. The van der Waals surface area contributed by atoms with Crippen molar-refractivity contribution in [3.8, 4) is 11.5 Å². The summed E-state index contributed by atoms with van der Waals surface area (Å²) in [6.07, 6.45) is 0. The summed E-state index contributed by atoms with van der Waals surface area (Å²) in [7, 11) is 0. The van der Waals surface area contributed by atoms with Gasteiger partial charge in [0.2, 0.25) is 0 Å². The van der Waals surface area contributed by atoms with Crippen LogP contribution in [0.5, 0.6) is 11.5 Å². The number of ether oxygens (including phenoxy) is 1. The molecule has 5 heteroatoms. The van der Waals surface area contributed by atoms with Crippen molar-refractivity contribution in [2.75, 3.05) is 0 Å². The number of aryl methyl sites for hydroxylation is 1. The number of halogens is 2. The molecular formula is C14H10F2O3. The van der Waals surface area contributed by atoms with E-state index in [-0.39, 0.29) is 17.1 Å². The van der Waals surface area contributed by atoms with Gasteiger partial charge >= 0.3 is 5.97 Å². The first-order valence-electron chi connectivity index (χ1n) is 5.45. The lowest BCUT2D eigenvalue weighted by molar-refractivity contribution is 0.0693. The van der Waals surface area contributed by atoms with E-state index in [1.165, 1.54) is 6.07 Å². The highest BCUT2D eigenvalue weighted by Crippen LogP contribution is 2.29. The molecule has 2 aromatic rings. The molecule has 0 spiro atoms. The molecule has 0 amide bonds. The lowest BCUT2D eigenvalue weighted by Gasteiger charge is -2.10. The number of hydrogen-bond acceptors (Lipinski definition) is 2. The lowest BCUT2D eigenvalue weighted by Crippen LogP contribution is -2.01. The molecule has 0 fully saturated rings. The van der Waals surface area contributed by atoms with Crippen LogP contribution in [0.1, 0.15) is 15.9 Å². The zero-order valence-corrected chi connectivity index (χ0v) is 9.98. The lowest BCUT2D eigenvalue weighted by atomic mass is 10.2. The number of hydrogen-bond donors (Lipinski definition) is 1. The topological polar surface area (TPSA) is 46.5 Å². The van der Waals surface area contributed by atoms with Crippen LogP contribution in [0.3, 0.4) is 0 Å². The van der Waals surface area contributed by atoms with Crippen LogP contribution in [0.25, 0.3) is 0 Å². The Balaban J connectivity index is 2.44. The fourth-order valence-electron chi connectivity index (χ4n) is 1.58. The molecule has 3 nitrogen and oxygen atoms in total. The molecule has 0 saturated carbocycles. The maximum Gasteiger partial charge on any atom is 0.339 e. The van der Waals surface area contributed by atoms with Crippen LogP contribution in [0.2, 0.25) is 0 Å². The molecule has 1 N–H and O–H groups in total. The molecule has 0 aliphatic heterocycles. The first kappa shape index (κ1) is 13.0. The summed E-state index contributed by atoms with van der Waals surface area (Å²) in [4.78, 5) is 11.0. The van der Waals surface area contributed by atoms with E-state index in [2.05, 4.69) is 0 Å². The van der Waals surface area contributed by atoms with Gasteiger partial charge in [0.15, 0.2) is 11.6 Å². The normalized spacial score (nSPS) is 10.3. The van der Waals surface area contributed by atoms with E-state index in [4.69, 9.17) is 9.84 Å². The van der Waals surface area contributed by atoms with Crippen molar-refractivity contribution in [2.24, 2.45) is 0 Å². The highest BCUT2D eigenvalue weighted by atomic mass is 19.1. The van der Waals surface area contributed by atoms with Crippen LogP contribution in [0.15, 0.2) is 36.4 Å². The SMILES string of the molecule is Cc1cccc(Oc2ccc(F)cc2C(=O)O)c1F. The predicted molar refractivity (Wildman–Crippen MR) is 64.6 cm³/mol. The van der Waals surface area contributed by atoms with E-state index in [1.54, 1.807) is 19.1 Å². The number of rotatable bonds is 3. The van der Waals surface area contributed by atoms with Crippen LogP contribution < -0.4 is 4.74 Å². The highest BCUT2D eigenvalue weighted by Gasteiger charge is 2.15. The zero-order valence-electron chi connectivity index (χ0n) is 9.98. The van der Waals surface area contributed by atoms with E-state index in [1.807, 2.05) is 0 Å². The van der Waals surface area contributed by atoms with Gasteiger partial charge < -0.3 is 9.84 Å². The Morgan fingerprint density at radius 1 is 1.16 bits per heavy atom. The summed E-state index contributed by atoms with van der Waals surface area (Å²) in [6.45, 7) is 1.56. The van der Waals surface area contributed by atoms with Crippen molar-refractivity contribution in [3.63, 3.8) is 0 Å². The van der Waals surface area contributed by atoms with Crippen LogP contribution in [0.4, 0.5) is 8.78 Å². The molecule has 0 unspecified atom stereocenters. The second-order valence-electron chi connectivity index (χ2n) is 3.93. The maximum atomic E-state index is 13.8. The number of benzene rings is 2. The molecule has 2 rings (SSSR count). The van der Waals surface area contributed by atoms with Crippen LogP contribution >= 0.6 is 0 Å². The van der Waals surface area contributed by atoms with E-state index in [0.29, 0.717) is 5.56 Å². The molecule has 19 heavy (non-hydrogen) atoms. The largest absolute Gasteiger partial charge is 0.478 e. The molecule has 0 heterocycles. The summed E-state index contributed by atoms with van der Waals surface area (Å²) < 4.78 is 32.0. The molecular weight excluding hydrogens is 254 g/mol. The molecule has 98 valence electrons. The Kier molecular flexibility index (Phi) is 3.46. The summed E-state index contributed by atoms with van der Waals surface area (Å²) >= 11 is 0. The Labute approximate surface area is 108 Å². The van der Waals surface area contributed by atoms with Crippen molar-refractivity contribution >= 4 is 5.97 Å². The van der Waals surface area contributed by atoms with Gasteiger partial charge in [0.1, 0.15) is 17.1 Å². The Bertz CT molecular complexity index is 639. The Hall–Kier alpha value is -2.43. The van der Waals surface area contributed by atoms with Gasteiger partial charge in [-0.15, -0.1) is 0 Å². The molecule has 0 bridgehead atoms. The van der Waals surface area contributed by atoms with Gasteiger partial charge in [-0.3, -0.25) is 0 Å². The third-order valence-electron chi connectivity index (χ3n) is 2.55. The third-order valence-corrected chi connectivity index (χ3v) is 2.55. The number of carboxylic acids is 1. The van der Waals surface area contributed by atoms with E-state index in [0.717, 1.165) is 18.2 Å². The third kappa shape index (κ3) is 2.70. The van der Waals surface area contributed by atoms with E-state index < -0.39 is 17.6 Å². The fraction of sp³-hybridized carbons (Fsp3) is 0.0714. The van der Waals surface area contributed by atoms with Crippen LogP contribution in [-0.2, 0) is 0 Å². The minimum atomic E-state index is -1.34. The zero-order chi connectivity index (χ0) is 14.0. The second kappa shape index (κ2) is 5.06. The first-order chi connectivity index (χ1) is 8.99. The van der Waals surface area contributed by atoms with Crippen molar-refractivity contribution < 1.29 is 23.4 Å². The molecule has 0 radical (unpaired) electrons. The highest BCUT2D eigenvalue weighted by molar-refractivity contribution is 5.91. The maximum absolute atomic E-state index is 13.8. The van der Waals surface area contributed by atoms with Crippen molar-refractivity contribution in [1.82, 2.24) is 0 Å². The fourth-order valence-corrected chi connectivity index (χ4v) is 1.58. The number of aromatic carboxylic acids is 1. The van der Waals surface area contributed by atoms with Crippen LogP contribution in [-0.4, -0.2) is 11.1 Å². The average molecular weight is 264 g/mol. The molecule has 0 saturated heterocycles. The molecule has 0 aliphatic rings. The Morgan fingerprint density at radius 3 is 2.58 bits per heavy atom. The number of carbonyl (C=O) groups is 1. The standard InChI is InChI=1S/C14H10F2O3/c1-8-3-2-4-12(13(8)16)19-11-6-5-9(15)7-10(11)14(17)18/h2-7H,1H3,(H,17,18). The van der Waals surface area contributed by atoms with Gasteiger partial charge in [-0.05, 0) is 36.8 Å². The van der Waals surface area contributed by atoms with E-state index >= 15 is 0 Å². The Morgan fingerprint density at radius 2 is 1.89 bits per heavy atom. The number of carboxylic acid groups (broad SMARTS) is 1.